The van der Waals surface area contributed by atoms with Crippen molar-refractivity contribution in [2.24, 2.45) is 5.92 Å². The molecule has 0 amide bonds. The zero-order valence-electron chi connectivity index (χ0n) is 13.3. The van der Waals surface area contributed by atoms with E-state index >= 15 is 0 Å². The van der Waals surface area contributed by atoms with Gasteiger partial charge in [0, 0.05) is 10.4 Å². The molecule has 3 atom stereocenters. The minimum atomic E-state index is 0.311. The number of benzene rings is 2. The van der Waals surface area contributed by atoms with E-state index in [1.165, 1.54) is 16.7 Å². The van der Waals surface area contributed by atoms with Crippen molar-refractivity contribution in [3.8, 4) is 5.75 Å². The van der Waals surface area contributed by atoms with Crippen LogP contribution in [-0.2, 0) is 0 Å². The van der Waals surface area contributed by atoms with Gasteiger partial charge in [-0.3, -0.25) is 0 Å². The van der Waals surface area contributed by atoms with Crippen molar-refractivity contribution in [3.63, 3.8) is 0 Å². The number of rotatable bonds is 2. The Morgan fingerprint density at radius 2 is 1.91 bits per heavy atom. The van der Waals surface area contributed by atoms with Gasteiger partial charge in [0.2, 0.25) is 0 Å². The van der Waals surface area contributed by atoms with Gasteiger partial charge in [0.1, 0.15) is 5.75 Å². The number of allylic oxidation sites excluding steroid dienone is 2. The lowest BCUT2D eigenvalue weighted by atomic mass is 9.75. The van der Waals surface area contributed by atoms with Gasteiger partial charge in [-0.25, -0.2) is 0 Å². The van der Waals surface area contributed by atoms with Gasteiger partial charge >= 0.3 is 0 Å². The summed E-state index contributed by atoms with van der Waals surface area (Å²) in [4.78, 5) is 0. The fourth-order valence-electron chi connectivity index (χ4n) is 4.04. The molecule has 0 saturated carbocycles. The zero-order chi connectivity index (χ0) is 16.0. The molecule has 1 N–H and O–H groups in total. The number of hydrogen-bond acceptors (Lipinski definition) is 2. The number of aryl methyl sites for hydroxylation is 1. The Morgan fingerprint density at radius 1 is 1.13 bits per heavy atom. The van der Waals surface area contributed by atoms with Crippen molar-refractivity contribution >= 4 is 21.6 Å². The van der Waals surface area contributed by atoms with Crippen molar-refractivity contribution in [1.29, 1.82) is 0 Å². The van der Waals surface area contributed by atoms with E-state index in [0.29, 0.717) is 17.9 Å². The van der Waals surface area contributed by atoms with Crippen LogP contribution in [0.3, 0.4) is 0 Å². The highest BCUT2D eigenvalue weighted by Gasteiger charge is 2.39. The lowest BCUT2D eigenvalue weighted by Gasteiger charge is -2.39. The molecule has 1 aliphatic carbocycles. The van der Waals surface area contributed by atoms with E-state index in [1.807, 2.05) is 0 Å². The first-order chi connectivity index (χ1) is 11.2. The molecule has 2 aliphatic rings. The van der Waals surface area contributed by atoms with Gasteiger partial charge in [-0.2, -0.15) is 0 Å². The van der Waals surface area contributed by atoms with Gasteiger partial charge < -0.3 is 10.1 Å². The van der Waals surface area contributed by atoms with Gasteiger partial charge in [-0.1, -0.05) is 46.3 Å². The molecule has 1 heterocycles. The van der Waals surface area contributed by atoms with Gasteiger partial charge in [0.05, 0.1) is 18.8 Å². The lowest BCUT2D eigenvalue weighted by Crippen LogP contribution is -2.30. The molecular weight excluding hydrogens is 350 g/mol. The highest BCUT2D eigenvalue weighted by atomic mass is 79.9. The second-order valence-electron chi connectivity index (χ2n) is 6.40. The second-order valence-corrected chi connectivity index (χ2v) is 7.32. The van der Waals surface area contributed by atoms with Gasteiger partial charge in [0.15, 0.2) is 0 Å². The maximum absolute atomic E-state index is 5.63. The van der Waals surface area contributed by atoms with E-state index in [4.69, 9.17) is 4.74 Å². The molecule has 118 valence electrons. The van der Waals surface area contributed by atoms with Crippen LogP contribution >= 0.6 is 15.9 Å². The van der Waals surface area contributed by atoms with Gasteiger partial charge in [0.25, 0.3) is 0 Å². The fourth-order valence-corrected chi connectivity index (χ4v) is 4.31. The lowest BCUT2D eigenvalue weighted by molar-refractivity contribution is 0.396. The molecule has 0 radical (unpaired) electrons. The number of nitrogens with one attached hydrogen (secondary N) is 1. The summed E-state index contributed by atoms with van der Waals surface area (Å²) in [5.74, 6) is 1.97. The molecule has 23 heavy (non-hydrogen) atoms. The average molecular weight is 370 g/mol. The Bertz CT molecular complexity index is 766. The summed E-state index contributed by atoms with van der Waals surface area (Å²) in [6, 6.07) is 13.2. The number of ether oxygens (including phenoxy) is 1. The van der Waals surface area contributed by atoms with E-state index in [0.717, 1.165) is 22.3 Å². The van der Waals surface area contributed by atoms with Crippen molar-refractivity contribution in [3.05, 3.63) is 69.7 Å². The molecule has 0 aromatic heterocycles. The summed E-state index contributed by atoms with van der Waals surface area (Å²) in [7, 11) is 1.75. The standard InChI is InChI=1S/C20H20BrNO/c1-12-6-11-17(23-2)20-18(12)15-4-3-5-16(15)19(22-20)13-7-9-14(21)10-8-13/h3-4,6-11,15-16,19,22H,5H2,1-2H3/t15-,16+,19+/m0/s1. The Kier molecular flexibility index (Phi) is 3.68. The summed E-state index contributed by atoms with van der Waals surface area (Å²) in [5, 5.41) is 3.78. The summed E-state index contributed by atoms with van der Waals surface area (Å²) >= 11 is 3.53. The van der Waals surface area contributed by atoms with E-state index in [-0.39, 0.29) is 0 Å². The van der Waals surface area contributed by atoms with Crippen LogP contribution in [-0.4, -0.2) is 7.11 Å². The summed E-state index contributed by atoms with van der Waals surface area (Å²) in [5.41, 5.74) is 5.23. The SMILES string of the molecule is COc1ccc(C)c2c1N[C@H](c1ccc(Br)cc1)[C@@H]1CC=C[C@H]21. The molecule has 0 spiro atoms. The third kappa shape index (κ3) is 2.38. The van der Waals surface area contributed by atoms with E-state index in [2.05, 4.69) is 76.7 Å². The van der Waals surface area contributed by atoms with Crippen molar-refractivity contribution in [1.82, 2.24) is 0 Å². The number of hydrogen-bond donors (Lipinski definition) is 1. The smallest absolute Gasteiger partial charge is 0.142 e. The van der Waals surface area contributed by atoms with Crippen molar-refractivity contribution in [2.45, 2.75) is 25.3 Å². The molecule has 0 saturated heterocycles. The number of fused-ring (bicyclic) bond motifs is 3. The molecular formula is C20H20BrNO. The first kappa shape index (κ1) is 14.8. The fraction of sp³-hybridized carbons (Fsp3) is 0.300. The Morgan fingerprint density at radius 3 is 2.65 bits per heavy atom. The molecule has 2 nitrogen and oxygen atoms in total. The maximum Gasteiger partial charge on any atom is 0.142 e. The van der Waals surface area contributed by atoms with Crippen LogP contribution in [0.15, 0.2) is 53.0 Å². The predicted molar refractivity (Wildman–Crippen MR) is 98.2 cm³/mol. The highest BCUT2D eigenvalue weighted by molar-refractivity contribution is 9.10. The summed E-state index contributed by atoms with van der Waals surface area (Å²) < 4.78 is 6.74. The third-order valence-electron chi connectivity index (χ3n) is 5.15. The van der Waals surface area contributed by atoms with Crippen LogP contribution in [0.1, 0.15) is 35.1 Å². The Labute approximate surface area is 145 Å². The third-order valence-corrected chi connectivity index (χ3v) is 5.68. The Balaban J connectivity index is 1.84. The van der Waals surface area contributed by atoms with Crippen molar-refractivity contribution in [2.75, 3.05) is 12.4 Å². The van der Waals surface area contributed by atoms with Crippen LogP contribution in [0.25, 0.3) is 0 Å². The minimum absolute atomic E-state index is 0.311. The summed E-state index contributed by atoms with van der Waals surface area (Å²) in [6.07, 6.45) is 5.83. The Hall–Kier alpha value is -1.74. The average Bonchev–Trinajstić information content (AvgIpc) is 3.04. The second kappa shape index (κ2) is 5.72. The van der Waals surface area contributed by atoms with Crippen LogP contribution < -0.4 is 10.1 Å². The van der Waals surface area contributed by atoms with E-state index in [9.17, 15) is 0 Å². The van der Waals surface area contributed by atoms with E-state index < -0.39 is 0 Å². The molecule has 2 aromatic rings. The number of methoxy groups -OCH3 is 1. The van der Waals surface area contributed by atoms with Crippen molar-refractivity contribution < 1.29 is 4.74 Å². The largest absolute Gasteiger partial charge is 0.495 e. The minimum Gasteiger partial charge on any atom is -0.495 e. The number of halogens is 1. The molecule has 4 rings (SSSR count). The van der Waals surface area contributed by atoms with E-state index in [1.54, 1.807) is 7.11 Å². The maximum atomic E-state index is 5.63. The quantitative estimate of drug-likeness (QED) is 0.696. The van der Waals surface area contributed by atoms with Crippen LogP contribution in [0.5, 0.6) is 5.75 Å². The number of anilines is 1. The molecule has 1 aliphatic heterocycles. The summed E-state index contributed by atoms with van der Waals surface area (Å²) in [6.45, 7) is 2.20. The molecule has 0 unspecified atom stereocenters. The molecule has 3 heteroatoms. The normalized spacial score (nSPS) is 24.7. The molecule has 0 fully saturated rings. The highest BCUT2D eigenvalue weighted by Crippen LogP contribution is 2.53. The first-order valence-electron chi connectivity index (χ1n) is 8.05. The monoisotopic (exact) mass is 369 g/mol. The zero-order valence-corrected chi connectivity index (χ0v) is 14.9. The van der Waals surface area contributed by atoms with Crippen LogP contribution in [0.2, 0.25) is 0 Å². The van der Waals surface area contributed by atoms with Crippen LogP contribution in [0, 0.1) is 12.8 Å². The van der Waals surface area contributed by atoms with Gasteiger partial charge in [-0.15, -0.1) is 0 Å². The topological polar surface area (TPSA) is 21.3 Å². The van der Waals surface area contributed by atoms with Crippen LogP contribution in [0.4, 0.5) is 5.69 Å². The predicted octanol–water partition coefficient (Wildman–Crippen LogP) is 5.59. The first-order valence-corrected chi connectivity index (χ1v) is 8.84. The van der Waals surface area contributed by atoms with Gasteiger partial charge in [-0.05, 0) is 54.2 Å². The molecule has 2 aromatic carbocycles. The molecule has 0 bridgehead atoms.